The summed E-state index contributed by atoms with van der Waals surface area (Å²) in [5.74, 6) is 0.481. The van der Waals surface area contributed by atoms with Gasteiger partial charge < -0.3 is 10.1 Å². The molecule has 0 saturated heterocycles. The maximum absolute atomic E-state index is 13.9. The number of para-hydroxylation sites is 1. The number of nitrogens with zero attached hydrogens (tertiary/aromatic N) is 3. The number of pyridine rings is 1. The Bertz CT molecular complexity index is 1040. The van der Waals surface area contributed by atoms with Crippen LogP contribution in [-0.4, -0.2) is 21.6 Å². The average Bonchev–Trinajstić information content (AvgIpc) is 2.72. The van der Waals surface area contributed by atoms with Crippen LogP contribution < -0.4 is 10.1 Å². The van der Waals surface area contributed by atoms with Gasteiger partial charge in [0.05, 0.1) is 6.04 Å². The maximum Gasteiger partial charge on any atom is 0.180 e. The second-order valence-corrected chi connectivity index (χ2v) is 5.94. The third-order valence-corrected chi connectivity index (χ3v) is 4.10. The number of rotatable bonds is 6. The van der Waals surface area contributed by atoms with Crippen LogP contribution in [0.15, 0.2) is 79.1 Å². The summed E-state index contributed by atoms with van der Waals surface area (Å²) in [5.41, 5.74) is 2.29. The Morgan fingerprint density at radius 3 is 2.52 bits per heavy atom. The molecule has 2 heterocycles. The first kappa shape index (κ1) is 16.9. The number of aromatic nitrogens is 3. The van der Waals surface area contributed by atoms with Crippen molar-refractivity contribution in [2.45, 2.75) is 6.04 Å². The van der Waals surface area contributed by atoms with Gasteiger partial charge in [-0.15, -0.1) is 0 Å². The summed E-state index contributed by atoms with van der Waals surface area (Å²) in [4.78, 5) is 13.0. The van der Waals surface area contributed by atoms with E-state index >= 15 is 0 Å². The van der Waals surface area contributed by atoms with Gasteiger partial charge in [0.1, 0.15) is 17.9 Å². The summed E-state index contributed by atoms with van der Waals surface area (Å²) in [6, 6.07) is 19.7. The highest BCUT2D eigenvalue weighted by Gasteiger charge is 2.14. The van der Waals surface area contributed by atoms with Crippen LogP contribution in [0.5, 0.6) is 5.75 Å². The second kappa shape index (κ2) is 7.78. The van der Waals surface area contributed by atoms with Gasteiger partial charge in [-0.2, -0.15) is 0 Å². The molecule has 0 aliphatic carbocycles. The van der Waals surface area contributed by atoms with Crippen molar-refractivity contribution in [3.8, 4) is 5.75 Å². The number of anilines is 1. The molecule has 2 aromatic carbocycles. The monoisotopic (exact) mass is 360 g/mol. The Morgan fingerprint density at radius 1 is 0.889 bits per heavy atom. The zero-order valence-electron chi connectivity index (χ0n) is 14.4. The number of fused-ring (bicyclic) bond motifs is 1. The van der Waals surface area contributed by atoms with Crippen LogP contribution in [0.4, 0.5) is 10.2 Å². The maximum atomic E-state index is 13.9. The van der Waals surface area contributed by atoms with Crippen LogP contribution in [0.2, 0.25) is 0 Å². The Balaban J connectivity index is 1.58. The number of hydrogen-bond donors (Lipinski definition) is 1. The van der Waals surface area contributed by atoms with Gasteiger partial charge >= 0.3 is 0 Å². The molecule has 0 aliphatic heterocycles. The van der Waals surface area contributed by atoms with E-state index < -0.39 is 0 Å². The minimum absolute atomic E-state index is 0.215. The molecule has 4 rings (SSSR count). The Kier molecular flexibility index (Phi) is 4.87. The molecule has 4 aromatic rings. The van der Waals surface area contributed by atoms with Crippen LogP contribution in [0.1, 0.15) is 11.6 Å². The smallest absolute Gasteiger partial charge is 0.180 e. The van der Waals surface area contributed by atoms with Gasteiger partial charge in [-0.1, -0.05) is 42.5 Å². The molecule has 0 amide bonds. The highest BCUT2D eigenvalue weighted by atomic mass is 19.1. The van der Waals surface area contributed by atoms with E-state index in [-0.39, 0.29) is 24.2 Å². The van der Waals surface area contributed by atoms with Crippen LogP contribution in [0.25, 0.3) is 11.2 Å². The normalized spacial score (nSPS) is 11.9. The van der Waals surface area contributed by atoms with Crippen LogP contribution in [-0.2, 0) is 0 Å². The van der Waals surface area contributed by atoms with Gasteiger partial charge in [-0.3, -0.25) is 4.98 Å². The summed E-state index contributed by atoms with van der Waals surface area (Å²) in [6.45, 7) is 0.241. The van der Waals surface area contributed by atoms with E-state index in [1.807, 2.05) is 42.5 Å². The van der Waals surface area contributed by atoms with E-state index in [2.05, 4.69) is 20.3 Å². The lowest BCUT2D eigenvalue weighted by Crippen LogP contribution is -2.20. The zero-order valence-corrected chi connectivity index (χ0v) is 14.4. The second-order valence-electron chi connectivity index (χ2n) is 5.94. The topological polar surface area (TPSA) is 59.9 Å². The molecule has 2 aromatic heterocycles. The highest BCUT2D eigenvalue weighted by molar-refractivity contribution is 5.71. The predicted octanol–water partition coefficient (Wildman–Crippen LogP) is 4.40. The average molecular weight is 360 g/mol. The van der Waals surface area contributed by atoms with Gasteiger partial charge in [0.25, 0.3) is 0 Å². The molecule has 6 heteroatoms. The molecular formula is C21H17FN4O. The fraction of sp³-hybridized carbons (Fsp3) is 0.0952. The lowest BCUT2D eigenvalue weighted by molar-refractivity contribution is 0.284. The number of benzene rings is 2. The Labute approximate surface area is 155 Å². The molecule has 1 N–H and O–H groups in total. The summed E-state index contributed by atoms with van der Waals surface area (Å²) in [5, 5.41) is 3.35. The summed E-state index contributed by atoms with van der Waals surface area (Å²) >= 11 is 0. The minimum atomic E-state index is -0.386. The molecule has 27 heavy (non-hydrogen) atoms. The molecule has 0 aliphatic rings. The van der Waals surface area contributed by atoms with Crippen molar-refractivity contribution in [3.05, 3.63) is 90.5 Å². The first-order valence-corrected chi connectivity index (χ1v) is 8.56. The minimum Gasteiger partial charge on any atom is -0.488 e. The lowest BCUT2D eigenvalue weighted by Gasteiger charge is -2.20. The molecule has 0 saturated carbocycles. The molecule has 1 atom stereocenters. The van der Waals surface area contributed by atoms with Crippen molar-refractivity contribution in [1.29, 1.82) is 0 Å². The molecule has 0 bridgehead atoms. The molecule has 0 fully saturated rings. The van der Waals surface area contributed by atoms with E-state index in [1.165, 1.54) is 6.07 Å². The quantitative estimate of drug-likeness (QED) is 0.552. The zero-order chi connectivity index (χ0) is 18.5. The fourth-order valence-corrected chi connectivity index (χ4v) is 2.75. The number of halogens is 1. The van der Waals surface area contributed by atoms with Gasteiger partial charge in [-0.05, 0) is 29.8 Å². The molecule has 0 radical (unpaired) electrons. The molecule has 0 spiro atoms. The van der Waals surface area contributed by atoms with Gasteiger partial charge in [-0.25, -0.2) is 14.4 Å². The van der Waals surface area contributed by atoms with E-state index in [0.717, 1.165) is 11.1 Å². The Hall–Kier alpha value is -3.54. The predicted molar refractivity (Wildman–Crippen MR) is 102 cm³/mol. The van der Waals surface area contributed by atoms with Crippen molar-refractivity contribution in [3.63, 3.8) is 0 Å². The summed E-state index contributed by atoms with van der Waals surface area (Å²) in [7, 11) is 0. The SMILES string of the molecule is Fc1ccccc1OCC(Nc1ccc2nccnc2n1)c1ccccc1. The van der Waals surface area contributed by atoms with E-state index in [4.69, 9.17) is 4.74 Å². The number of ether oxygens (including phenoxy) is 1. The summed E-state index contributed by atoms with van der Waals surface area (Å²) < 4.78 is 19.6. The van der Waals surface area contributed by atoms with Crippen molar-refractivity contribution in [2.24, 2.45) is 0 Å². The summed E-state index contributed by atoms with van der Waals surface area (Å²) in [6.07, 6.45) is 3.24. The third-order valence-electron chi connectivity index (χ3n) is 4.10. The van der Waals surface area contributed by atoms with E-state index in [1.54, 1.807) is 30.6 Å². The fourth-order valence-electron chi connectivity index (χ4n) is 2.75. The van der Waals surface area contributed by atoms with Crippen molar-refractivity contribution in [1.82, 2.24) is 15.0 Å². The van der Waals surface area contributed by atoms with Crippen LogP contribution in [0, 0.1) is 5.82 Å². The van der Waals surface area contributed by atoms with Crippen molar-refractivity contribution < 1.29 is 9.13 Å². The van der Waals surface area contributed by atoms with E-state index in [9.17, 15) is 4.39 Å². The first-order chi connectivity index (χ1) is 13.3. The molecular weight excluding hydrogens is 343 g/mol. The van der Waals surface area contributed by atoms with Gasteiger partial charge in [0, 0.05) is 12.4 Å². The highest BCUT2D eigenvalue weighted by Crippen LogP contribution is 2.23. The molecule has 134 valence electrons. The number of hydrogen-bond acceptors (Lipinski definition) is 5. The molecule has 1 unspecified atom stereocenters. The molecule has 5 nitrogen and oxygen atoms in total. The van der Waals surface area contributed by atoms with E-state index in [0.29, 0.717) is 11.5 Å². The van der Waals surface area contributed by atoms with Crippen molar-refractivity contribution in [2.75, 3.05) is 11.9 Å². The number of nitrogens with one attached hydrogen (secondary N) is 1. The first-order valence-electron chi connectivity index (χ1n) is 8.56. The van der Waals surface area contributed by atoms with Crippen LogP contribution in [0.3, 0.4) is 0 Å². The van der Waals surface area contributed by atoms with Gasteiger partial charge in [0.2, 0.25) is 0 Å². The largest absolute Gasteiger partial charge is 0.488 e. The standard InChI is InChI=1S/C21H17FN4O/c22-16-8-4-5-9-19(16)27-14-18(15-6-2-1-3-7-15)25-20-11-10-17-21(26-20)24-13-12-23-17/h1-13,18H,14H2,(H,24,25,26). The third kappa shape index (κ3) is 4.00. The van der Waals surface area contributed by atoms with Crippen molar-refractivity contribution >= 4 is 17.0 Å². The lowest BCUT2D eigenvalue weighted by atomic mass is 10.1. The Morgan fingerprint density at radius 2 is 1.67 bits per heavy atom. The van der Waals surface area contributed by atoms with Crippen LogP contribution >= 0.6 is 0 Å². The van der Waals surface area contributed by atoms with Gasteiger partial charge in [0.15, 0.2) is 17.2 Å².